The minimum atomic E-state index is -3.89. The molecular formula is C17H20N2O4S. The van der Waals surface area contributed by atoms with Crippen LogP contribution >= 0.6 is 0 Å². The van der Waals surface area contributed by atoms with Gasteiger partial charge in [-0.1, -0.05) is 12.1 Å². The fourth-order valence-corrected chi connectivity index (χ4v) is 4.18. The van der Waals surface area contributed by atoms with Crippen molar-refractivity contribution in [3.63, 3.8) is 0 Å². The number of aryl methyl sites for hydroxylation is 3. The predicted octanol–water partition coefficient (Wildman–Crippen LogP) is 3.74. The molecule has 2 aromatic carbocycles. The maximum Gasteiger partial charge on any atom is 0.270 e. The van der Waals surface area contributed by atoms with Crippen LogP contribution in [0.25, 0.3) is 0 Å². The Kier molecular flexibility index (Phi) is 4.94. The van der Waals surface area contributed by atoms with Crippen molar-refractivity contribution in [2.45, 2.75) is 32.6 Å². The maximum atomic E-state index is 13.1. The second-order valence-corrected chi connectivity index (χ2v) is 7.48. The molecular weight excluding hydrogens is 328 g/mol. The van der Waals surface area contributed by atoms with Crippen molar-refractivity contribution < 1.29 is 13.3 Å². The van der Waals surface area contributed by atoms with Crippen LogP contribution in [0.5, 0.6) is 0 Å². The molecule has 0 fully saturated rings. The number of anilines is 1. The number of hydrogen-bond acceptors (Lipinski definition) is 4. The lowest BCUT2D eigenvalue weighted by Gasteiger charge is -2.24. The second-order valence-electron chi connectivity index (χ2n) is 5.65. The molecule has 0 unspecified atom stereocenters. The van der Waals surface area contributed by atoms with Crippen LogP contribution in [-0.2, 0) is 10.0 Å². The second kappa shape index (κ2) is 6.60. The highest BCUT2D eigenvalue weighted by molar-refractivity contribution is 7.92. The predicted molar refractivity (Wildman–Crippen MR) is 94.0 cm³/mol. The van der Waals surface area contributed by atoms with E-state index in [2.05, 4.69) is 0 Å². The van der Waals surface area contributed by atoms with E-state index < -0.39 is 14.9 Å². The number of nitro benzene ring substituents is 1. The highest BCUT2D eigenvalue weighted by Crippen LogP contribution is 2.29. The molecule has 0 aliphatic rings. The molecule has 7 heteroatoms. The minimum Gasteiger partial charge on any atom is -0.267 e. The molecule has 24 heavy (non-hydrogen) atoms. The summed E-state index contributed by atoms with van der Waals surface area (Å²) in [6.07, 6.45) is 0. The Morgan fingerprint density at radius 1 is 1.00 bits per heavy atom. The van der Waals surface area contributed by atoms with Crippen LogP contribution in [0.2, 0.25) is 0 Å². The third kappa shape index (κ3) is 3.26. The summed E-state index contributed by atoms with van der Waals surface area (Å²) in [6.45, 7) is 7.46. The number of sulfonamides is 1. The molecule has 0 heterocycles. The van der Waals surface area contributed by atoms with E-state index in [0.717, 1.165) is 17.2 Å². The number of benzene rings is 2. The van der Waals surface area contributed by atoms with Gasteiger partial charge in [0.1, 0.15) is 0 Å². The summed E-state index contributed by atoms with van der Waals surface area (Å²) in [5.41, 5.74) is 2.83. The summed E-state index contributed by atoms with van der Waals surface area (Å²) in [6, 6.07) is 9.30. The summed E-state index contributed by atoms with van der Waals surface area (Å²) in [5.74, 6) is 0. The highest BCUT2D eigenvalue weighted by Gasteiger charge is 2.27. The van der Waals surface area contributed by atoms with Gasteiger partial charge >= 0.3 is 0 Å². The highest BCUT2D eigenvalue weighted by atomic mass is 32.2. The first-order valence-corrected chi connectivity index (χ1v) is 8.97. The third-order valence-electron chi connectivity index (χ3n) is 4.02. The van der Waals surface area contributed by atoms with E-state index in [1.165, 1.54) is 16.4 Å². The number of rotatable bonds is 5. The molecule has 0 amide bonds. The van der Waals surface area contributed by atoms with Gasteiger partial charge in [0, 0.05) is 18.7 Å². The van der Waals surface area contributed by atoms with Crippen LogP contribution in [-0.4, -0.2) is 19.9 Å². The van der Waals surface area contributed by atoms with Gasteiger partial charge in [0.2, 0.25) is 0 Å². The molecule has 2 rings (SSSR count). The molecule has 0 bridgehead atoms. The monoisotopic (exact) mass is 348 g/mol. The first-order valence-electron chi connectivity index (χ1n) is 7.53. The van der Waals surface area contributed by atoms with Gasteiger partial charge in [-0.2, -0.15) is 0 Å². The molecule has 128 valence electrons. The van der Waals surface area contributed by atoms with Crippen molar-refractivity contribution in [3.8, 4) is 0 Å². The van der Waals surface area contributed by atoms with Gasteiger partial charge in [0.25, 0.3) is 15.7 Å². The zero-order valence-electron chi connectivity index (χ0n) is 14.1. The van der Waals surface area contributed by atoms with Gasteiger partial charge in [-0.05, 0) is 56.5 Å². The third-order valence-corrected chi connectivity index (χ3v) is 6.06. The van der Waals surface area contributed by atoms with E-state index in [0.29, 0.717) is 11.3 Å². The normalized spacial score (nSPS) is 11.3. The van der Waals surface area contributed by atoms with Crippen LogP contribution in [0.3, 0.4) is 0 Å². The average Bonchev–Trinajstić information content (AvgIpc) is 2.51. The van der Waals surface area contributed by atoms with E-state index in [9.17, 15) is 18.5 Å². The van der Waals surface area contributed by atoms with Gasteiger partial charge in [-0.3, -0.25) is 14.4 Å². The van der Waals surface area contributed by atoms with E-state index in [4.69, 9.17) is 0 Å². The summed E-state index contributed by atoms with van der Waals surface area (Å²) < 4.78 is 27.4. The average molecular weight is 348 g/mol. The van der Waals surface area contributed by atoms with Crippen LogP contribution in [0.1, 0.15) is 23.6 Å². The van der Waals surface area contributed by atoms with Gasteiger partial charge < -0.3 is 0 Å². The maximum absolute atomic E-state index is 13.1. The zero-order valence-corrected chi connectivity index (χ0v) is 14.9. The molecule has 0 saturated carbocycles. The molecule has 0 radical (unpaired) electrons. The molecule has 0 saturated heterocycles. The molecule has 0 spiro atoms. The number of nitro groups is 1. The Hall–Kier alpha value is -2.41. The SMILES string of the molecule is CCN(c1ccc(C)c(C)c1)S(=O)(=O)c1cc([N+](=O)[O-])ccc1C. The topological polar surface area (TPSA) is 80.5 Å². The quantitative estimate of drug-likeness (QED) is 0.609. The van der Waals surface area contributed by atoms with Crippen molar-refractivity contribution in [2.24, 2.45) is 0 Å². The summed E-state index contributed by atoms with van der Waals surface area (Å²) in [4.78, 5) is 10.3. The molecule has 0 aliphatic heterocycles. The van der Waals surface area contributed by atoms with Crippen molar-refractivity contribution in [3.05, 3.63) is 63.2 Å². The van der Waals surface area contributed by atoms with Crippen molar-refractivity contribution >= 4 is 21.4 Å². The first-order chi connectivity index (χ1) is 11.2. The molecule has 0 aromatic heterocycles. The van der Waals surface area contributed by atoms with E-state index in [-0.39, 0.29) is 17.1 Å². The molecule has 6 nitrogen and oxygen atoms in total. The van der Waals surface area contributed by atoms with Crippen molar-refractivity contribution in [1.29, 1.82) is 0 Å². The molecule has 2 aromatic rings. The lowest BCUT2D eigenvalue weighted by atomic mass is 10.1. The number of non-ortho nitro benzene ring substituents is 1. The van der Waals surface area contributed by atoms with Crippen LogP contribution in [0, 0.1) is 30.9 Å². The van der Waals surface area contributed by atoms with Crippen LogP contribution in [0.15, 0.2) is 41.3 Å². The number of nitrogens with zero attached hydrogens (tertiary/aromatic N) is 2. The van der Waals surface area contributed by atoms with Gasteiger partial charge in [-0.25, -0.2) is 8.42 Å². The van der Waals surface area contributed by atoms with Crippen LogP contribution < -0.4 is 4.31 Å². The Morgan fingerprint density at radius 2 is 1.62 bits per heavy atom. The summed E-state index contributed by atoms with van der Waals surface area (Å²) in [7, 11) is -3.89. The van der Waals surface area contributed by atoms with Gasteiger partial charge in [-0.15, -0.1) is 0 Å². The summed E-state index contributed by atoms with van der Waals surface area (Å²) >= 11 is 0. The summed E-state index contributed by atoms with van der Waals surface area (Å²) in [5, 5.41) is 11.0. The van der Waals surface area contributed by atoms with Crippen molar-refractivity contribution in [2.75, 3.05) is 10.8 Å². The fraction of sp³-hybridized carbons (Fsp3) is 0.294. The Labute approximate surface area is 141 Å². The first kappa shape index (κ1) is 17.9. The zero-order chi connectivity index (χ0) is 18.1. The van der Waals surface area contributed by atoms with E-state index in [1.54, 1.807) is 19.9 Å². The van der Waals surface area contributed by atoms with Crippen LogP contribution in [0.4, 0.5) is 11.4 Å². The molecule has 0 N–H and O–H groups in total. The standard InChI is InChI=1S/C17H20N2O4S/c1-5-18(15-8-6-12(2)14(4)10-15)24(22,23)17-11-16(19(20)21)9-7-13(17)3/h6-11H,5H2,1-4H3. The van der Waals surface area contributed by atoms with E-state index in [1.807, 2.05) is 26.0 Å². The number of hydrogen-bond donors (Lipinski definition) is 0. The van der Waals surface area contributed by atoms with Gasteiger partial charge in [0.15, 0.2) is 0 Å². The Bertz CT molecular complexity index is 891. The van der Waals surface area contributed by atoms with Gasteiger partial charge in [0.05, 0.1) is 15.5 Å². The van der Waals surface area contributed by atoms with Crippen molar-refractivity contribution in [1.82, 2.24) is 0 Å². The Morgan fingerprint density at radius 3 is 2.17 bits per heavy atom. The molecule has 0 atom stereocenters. The Balaban J connectivity index is 2.60. The molecule has 0 aliphatic carbocycles. The lowest BCUT2D eigenvalue weighted by Crippen LogP contribution is -2.31. The van der Waals surface area contributed by atoms with E-state index >= 15 is 0 Å². The minimum absolute atomic E-state index is 0.0446. The largest absolute Gasteiger partial charge is 0.270 e. The lowest BCUT2D eigenvalue weighted by molar-refractivity contribution is -0.385. The fourth-order valence-electron chi connectivity index (χ4n) is 2.47. The smallest absolute Gasteiger partial charge is 0.267 e.